The number of rotatable bonds is 5. The number of benzene rings is 2. The Morgan fingerprint density at radius 2 is 1.50 bits per heavy atom. The summed E-state index contributed by atoms with van der Waals surface area (Å²) in [5.41, 5.74) is 3.47. The van der Waals surface area contributed by atoms with Crippen molar-refractivity contribution in [3.63, 3.8) is 0 Å². The highest BCUT2D eigenvalue weighted by molar-refractivity contribution is 5.54. The van der Waals surface area contributed by atoms with Gasteiger partial charge in [0.25, 0.3) is 0 Å². The first-order valence-electron chi connectivity index (χ1n) is 7.92. The number of hydrogen-bond acceptors (Lipinski definition) is 5. The largest absolute Gasteiger partial charge is 0.497 e. The van der Waals surface area contributed by atoms with Gasteiger partial charge in [0.1, 0.15) is 11.5 Å². The number of ether oxygens (including phenoxy) is 4. The fraction of sp³-hybridized carbons (Fsp3) is 0.368. The zero-order chi connectivity index (χ0) is 17.1. The molecule has 0 radical (unpaired) electrons. The van der Waals surface area contributed by atoms with Gasteiger partial charge in [0, 0.05) is 12.1 Å². The second-order valence-corrected chi connectivity index (χ2v) is 5.65. The van der Waals surface area contributed by atoms with E-state index in [4.69, 9.17) is 18.9 Å². The Bertz CT molecular complexity index is 730. The standard InChI is InChI=1S/C19H23NO4/c1-21-13-5-6-16(22-2)15(10-13)19-14-11-18(24-4)17(23-3)9-12(14)7-8-20-19/h5-6,9-11,19-20H,7-8H2,1-4H3/t19-/m0/s1. The molecule has 0 saturated heterocycles. The SMILES string of the molecule is COc1ccc(OC)c([C@H]2NCCc3cc(OC)c(OC)cc32)c1. The lowest BCUT2D eigenvalue weighted by Gasteiger charge is -2.29. The predicted molar refractivity (Wildman–Crippen MR) is 92.6 cm³/mol. The molecular weight excluding hydrogens is 306 g/mol. The van der Waals surface area contributed by atoms with Crippen LogP contribution in [-0.2, 0) is 6.42 Å². The Balaban J connectivity index is 2.13. The maximum Gasteiger partial charge on any atom is 0.161 e. The average molecular weight is 329 g/mol. The van der Waals surface area contributed by atoms with E-state index in [9.17, 15) is 0 Å². The molecule has 1 aliphatic rings. The average Bonchev–Trinajstić information content (AvgIpc) is 2.65. The van der Waals surface area contributed by atoms with Gasteiger partial charge in [-0.2, -0.15) is 0 Å². The summed E-state index contributed by atoms with van der Waals surface area (Å²) in [4.78, 5) is 0. The molecule has 0 aromatic heterocycles. The maximum atomic E-state index is 5.56. The molecule has 1 aliphatic heterocycles. The molecule has 0 amide bonds. The fourth-order valence-corrected chi connectivity index (χ4v) is 3.23. The van der Waals surface area contributed by atoms with E-state index in [1.165, 1.54) is 11.1 Å². The minimum atomic E-state index is 0.0126. The van der Waals surface area contributed by atoms with Crippen LogP contribution < -0.4 is 24.3 Å². The maximum absolute atomic E-state index is 5.56. The van der Waals surface area contributed by atoms with Gasteiger partial charge in [0.05, 0.1) is 34.5 Å². The lowest BCUT2D eigenvalue weighted by atomic mass is 9.89. The van der Waals surface area contributed by atoms with E-state index >= 15 is 0 Å². The molecule has 0 fully saturated rings. The van der Waals surface area contributed by atoms with Crippen LogP contribution in [0.2, 0.25) is 0 Å². The third-order valence-electron chi connectivity index (χ3n) is 4.45. The van der Waals surface area contributed by atoms with Crippen molar-refractivity contribution in [1.82, 2.24) is 5.32 Å². The van der Waals surface area contributed by atoms with Gasteiger partial charge in [0.15, 0.2) is 11.5 Å². The molecule has 2 aromatic rings. The van der Waals surface area contributed by atoms with Gasteiger partial charge < -0.3 is 24.3 Å². The summed E-state index contributed by atoms with van der Waals surface area (Å²) < 4.78 is 21.9. The van der Waals surface area contributed by atoms with Crippen molar-refractivity contribution in [2.45, 2.75) is 12.5 Å². The molecule has 128 valence electrons. The van der Waals surface area contributed by atoms with Gasteiger partial charge in [-0.3, -0.25) is 0 Å². The van der Waals surface area contributed by atoms with Crippen molar-refractivity contribution in [3.05, 3.63) is 47.0 Å². The molecule has 3 rings (SSSR count). The summed E-state index contributed by atoms with van der Waals surface area (Å²) in [6.45, 7) is 0.882. The van der Waals surface area contributed by atoms with Gasteiger partial charge in [-0.15, -0.1) is 0 Å². The molecule has 24 heavy (non-hydrogen) atoms. The number of methoxy groups -OCH3 is 4. The van der Waals surface area contributed by atoms with Crippen LogP contribution in [0.1, 0.15) is 22.7 Å². The molecular formula is C19H23NO4. The Hall–Kier alpha value is -2.40. The van der Waals surface area contributed by atoms with E-state index in [1.807, 2.05) is 24.3 Å². The van der Waals surface area contributed by atoms with Gasteiger partial charge >= 0.3 is 0 Å². The van der Waals surface area contributed by atoms with Crippen LogP contribution in [0.5, 0.6) is 23.0 Å². The van der Waals surface area contributed by atoms with Crippen molar-refractivity contribution in [1.29, 1.82) is 0 Å². The first-order chi connectivity index (χ1) is 11.7. The first kappa shape index (κ1) is 16.5. The van der Waals surface area contributed by atoms with E-state index in [1.54, 1.807) is 28.4 Å². The molecule has 1 N–H and O–H groups in total. The normalized spacial score (nSPS) is 16.2. The van der Waals surface area contributed by atoms with Crippen LogP contribution in [0.3, 0.4) is 0 Å². The van der Waals surface area contributed by atoms with Crippen LogP contribution >= 0.6 is 0 Å². The van der Waals surface area contributed by atoms with Crippen LogP contribution in [0.25, 0.3) is 0 Å². The lowest BCUT2D eigenvalue weighted by Crippen LogP contribution is -2.31. The molecule has 5 nitrogen and oxygen atoms in total. The summed E-state index contributed by atoms with van der Waals surface area (Å²) in [6, 6.07) is 9.98. The predicted octanol–water partition coefficient (Wildman–Crippen LogP) is 2.96. The highest BCUT2D eigenvalue weighted by Crippen LogP contribution is 2.40. The van der Waals surface area contributed by atoms with Gasteiger partial charge in [-0.25, -0.2) is 0 Å². The molecule has 5 heteroatoms. The summed E-state index contributed by atoms with van der Waals surface area (Å²) in [5, 5.41) is 3.57. The number of hydrogen-bond donors (Lipinski definition) is 1. The van der Waals surface area contributed by atoms with Crippen LogP contribution in [0, 0.1) is 0 Å². The van der Waals surface area contributed by atoms with E-state index < -0.39 is 0 Å². The molecule has 1 atom stereocenters. The summed E-state index contributed by atoms with van der Waals surface area (Å²) in [7, 11) is 6.67. The minimum Gasteiger partial charge on any atom is -0.497 e. The van der Waals surface area contributed by atoms with Crippen LogP contribution in [0.4, 0.5) is 0 Å². The van der Waals surface area contributed by atoms with E-state index in [2.05, 4.69) is 11.4 Å². The molecule has 0 unspecified atom stereocenters. The quantitative estimate of drug-likeness (QED) is 0.914. The van der Waals surface area contributed by atoms with Crippen molar-refractivity contribution >= 4 is 0 Å². The topological polar surface area (TPSA) is 49.0 Å². The molecule has 1 heterocycles. The van der Waals surface area contributed by atoms with Crippen molar-refractivity contribution in [3.8, 4) is 23.0 Å². The van der Waals surface area contributed by atoms with E-state index in [0.29, 0.717) is 0 Å². The highest BCUT2D eigenvalue weighted by Gasteiger charge is 2.26. The van der Waals surface area contributed by atoms with Gasteiger partial charge in [-0.1, -0.05) is 0 Å². The monoisotopic (exact) mass is 329 g/mol. The van der Waals surface area contributed by atoms with E-state index in [0.717, 1.165) is 41.5 Å². The first-order valence-corrected chi connectivity index (χ1v) is 7.92. The Labute approximate surface area is 142 Å². The molecule has 0 bridgehead atoms. The van der Waals surface area contributed by atoms with Gasteiger partial charge in [0.2, 0.25) is 0 Å². The second kappa shape index (κ2) is 7.01. The van der Waals surface area contributed by atoms with Crippen molar-refractivity contribution in [2.24, 2.45) is 0 Å². The fourth-order valence-electron chi connectivity index (χ4n) is 3.23. The highest BCUT2D eigenvalue weighted by atomic mass is 16.5. The molecule has 0 spiro atoms. The van der Waals surface area contributed by atoms with Crippen LogP contribution in [-0.4, -0.2) is 35.0 Å². The third-order valence-corrected chi connectivity index (χ3v) is 4.45. The van der Waals surface area contributed by atoms with Crippen molar-refractivity contribution < 1.29 is 18.9 Å². The zero-order valence-electron chi connectivity index (χ0n) is 14.5. The molecule has 0 aliphatic carbocycles. The summed E-state index contributed by atoms with van der Waals surface area (Å²) >= 11 is 0. The van der Waals surface area contributed by atoms with Crippen molar-refractivity contribution in [2.75, 3.05) is 35.0 Å². The Morgan fingerprint density at radius 1 is 0.792 bits per heavy atom. The smallest absolute Gasteiger partial charge is 0.161 e. The number of fused-ring (bicyclic) bond motifs is 1. The lowest BCUT2D eigenvalue weighted by molar-refractivity contribution is 0.352. The second-order valence-electron chi connectivity index (χ2n) is 5.65. The molecule has 0 saturated carbocycles. The van der Waals surface area contributed by atoms with Crippen LogP contribution in [0.15, 0.2) is 30.3 Å². The Morgan fingerprint density at radius 3 is 2.17 bits per heavy atom. The minimum absolute atomic E-state index is 0.0126. The van der Waals surface area contributed by atoms with E-state index in [-0.39, 0.29) is 6.04 Å². The number of nitrogens with one attached hydrogen (secondary N) is 1. The summed E-state index contributed by atoms with van der Waals surface area (Å²) in [5.74, 6) is 3.12. The zero-order valence-corrected chi connectivity index (χ0v) is 14.5. The Kier molecular flexibility index (Phi) is 4.81. The third kappa shape index (κ3) is 2.87. The van der Waals surface area contributed by atoms with Gasteiger partial charge in [-0.05, 0) is 47.9 Å². The summed E-state index contributed by atoms with van der Waals surface area (Å²) in [6.07, 6.45) is 0.943. The molecule has 2 aromatic carbocycles.